The maximum absolute atomic E-state index is 12.1. The molecule has 0 aromatic carbocycles. The minimum absolute atomic E-state index is 0.0357. The normalized spacial score (nSPS) is 20.0. The standard InChI is InChI=1S/C15H24N4O3/c1-3-4-6-16-14(21)10(2)19-7-5-11(9-19)12-8-13(20)18-15(22)17-12/h8,10-11H,3-7,9H2,1-2H3,(H,16,21)(H2,17,18,20,22)/t10-,11-/m1/s1. The van der Waals surface area contributed by atoms with Crippen molar-refractivity contribution in [1.82, 2.24) is 20.2 Å². The monoisotopic (exact) mass is 308 g/mol. The Balaban J connectivity index is 1.95. The fraction of sp³-hybridized carbons (Fsp3) is 0.667. The van der Waals surface area contributed by atoms with Crippen LogP contribution in [0.15, 0.2) is 15.7 Å². The lowest BCUT2D eigenvalue weighted by Crippen LogP contribution is -2.44. The number of nitrogens with one attached hydrogen (secondary N) is 3. The molecule has 0 saturated carbocycles. The maximum Gasteiger partial charge on any atom is 0.325 e. The van der Waals surface area contributed by atoms with E-state index in [9.17, 15) is 14.4 Å². The van der Waals surface area contributed by atoms with E-state index in [1.54, 1.807) is 0 Å². The Morgan fingerprint density at radius 2 is 2.23 bits per heavy atom. The van der Waals surface area contributed by atoms with Crippen LogP contribution in [-0.2, 0) is 4.79 Å². The quantitative estimate of drug-likeness (QED) is 0.652. The lowest BCUT2D eigenvalue weighted by atomic mass is 10.1. The molecule has 2 atom stereocenters. The highest BCUT2D eigenvalue weighted by atomic mass is 16.2. The Bertz CT molecular complexity index is 593. The lowest BCUT2D eigenvalue weighted by Gasteiger charge is -2.23. The number of rotatable bonds is 6. The largest absolute Gasteiger partial charge is 0.355 e. The van der Waals surface area contributed by atoms with Crippen LogP contribution in [0, 0.1) is 0 Å². The number of carbonyl (C=O) groups excluding carboxylic acids is 1. The zero-order chi connectivity index (χ0) is 16.1. The molecule has 2 heterocycles. The topological polar surface area (TPSA) is 98.1 Å². The third-order valence-corrected chi connectivity index (χ3v) is 4.20. The van der Waals surface area contributed by atoms with Gasteiger partial charge in [0.05, 0.1) is 6.04 Å². The summed E-state index contributed by atoms with van der Waals surface area (Å²) in [7, 11) is 0. The van der Waals surface area contributed by atoms with Gasteiger partial charge in [0.1, 0.15) is 0 Å². The minimum Gasteiger partial charge on any atom is -0.355 e. The van der Waals surface area contributed by atoms with E-state index in [2.05, 4.69) is 27.1 Å². The predicted molar refractivity (Wildman–Crippen MR) is 84.0 cm³/mol. The molecule has 1 aromatic rings. The molecule has 0 bridgehead atoms. The van der Waals surface area contributed by atoms with Crippen LogP contribution in [0.4, 0.5) is 0 Å². The zero-order valence-electron chi connectivity index (χ0n) is 13.1. The minimum atomic E-state index is -0.480. The Morgan fingerprint density at radius 1 is 1.45 bits per heavy atom. The zero-order valence-corrected chi connectivity index (χ0v) is 13.1. The first-order chi connectivity index (χ1) is 10.5. The van der Waals surface area contributed by atoms with Gasteiger partial charge in [-0.3, -0.25) is 19.5 Å². The van der Waals surface area contributed by atoms with E-state index >= 15 is 0 Å². The molecule has 0 spiro atoms. The van der Waals surface area contributed by atoms with E-state index in [-0.39, 0.29) is 23.4 Å². The molecule has 7 heteroatoms. The molecule has 7 nitrogen and oxygen atoms in total. The van der Waals surface area contributed by atoms with Gasteiger partial charge in [-0.1, -0.05) is 13.3 Å². The van der Waals surface area contributed by atoms with Crippen molar-refractivity contribution in [2.45, 2.75) is 45.1 Å². The van der Waals surface area contributed by atoms with Crippen LogP contribution in [-0.4, -0.2) is 46.5 Å². The molecule has 22 heavy (non-hydrogen) atoms. The van der Waals surface area contributed by atoms with Crippen molar-refractivity contribution < 1.29 is 4.79 Å². The van der Waals surface area contributed by atoms with Gasteiger partial charge in [-0.05, 0) is 26.3 Å². The highest BCUT2D eigenvalue weighted by Gasteiger charge is 2.30. The second kappa shape index (κ2) is 7.40. The summed E-state index contributed by atoms with van der Waals surface area (Å²) in [5.74, 6) is 0.120. The summed E-state index contributed by atoms with van der Waals surface area (Å²) in [6.45, 7) is 6.13. The van der Waals surface area contributed by atoms with E-state index in [0.717, 1.165) is 25.8 Å². The highest BCUT2D eigenvalue weighted by Crippen LogP contribution is 2.25. The molecule has 122 valence electrons. The average molecular weight is 308 g/mol. The van der Waals surface area contributed by atoms with E-state index in [1.165, 1.54) is 6.07 Å². The molecular formula is C15H24N4O3. The number of aromatic amines is 2. The second-order valence-electron chi connectivity index (χ2n) is 5.84. The van der Waals surface area contributed by atoms with Gasteiger partial charge in [0.2, 0.25) is 5.91 Å². The number of carbonyl (C=O) groups is 1. The van der Waals surface area contributed by atoms with Crippen LogP contribution < -0.4 is 16.6 Å². The molecule has 0 unspecified atom stereocenters. The van der Waals surface area contributed by atoms with Gasteiger partial charge in [0.25, 0.3) is 5.56 Å². The Labute approximate surface area is 129 Å². The van der Waals surface area contributed by atoms with Crippen molar-refractivity contribution in [3.63, 3.8) is 0 Å². The van der Waals surface area contributed by atoms with Crippen LogP contribution in [0.3, 0.4) is 0 Å². The first kappa shape index (κ1) is 16.5. The van der Waals surface area contributed by atoms with Gasteiger partial charge in [-0.2, -0.15) is 0 Å². The number of H-pyrrole nitrogens is 2. The van der Waals surface area contributed by atoms with Crippen molar-refractivity contribution in [2.24, 2.45) is 0 Å². The van der Waals surface area contributed by atoms with Crippen LogP contribution in [0.5, 0.6) is 0 Å². The first-order valence-corrected chi connectivity index (χ1v) is 7.86. The average Bonchev–Trinajstić information content (AvgIpc) is 2.95. The van der Waals surface area contributed by atoms with E-state index < -0.39 is 5.69 Å². The van der Waals surface area contributed by atoms with E-state index in [1.807, 2.05) is 6.92 Å². The van der Waals surface area contributed by atoms with Crippen molar-refractivity contribution in [3.05, 3.63) is 32.6 Å². The van der Waals surface area contributed by atoms with Gasteiger partial charge < -0.3 is 10.3 Å². The van der Waals surface area contributed by atoms with Gasteiger partial charge in [-0.15, -0.1) is 0 Å². The molecule has 1 saturated heterocycles. The number of unbranched alkanes of at least 4 members (excludes halogenated alkanes) is 1. The summed E-state index contributed by atoms with van der Waals surface area (Å²) >= 11 is 0. The molecule has 1 aromatic heterocycles. The van der Waals surface area contributed by atoms with Crippen LogP contribution in [0.2, 0.25) is 0 Å². The molecule has 0 aliphatic carbocycles. The number of amides is 1. The summed E-state index contributed by atoms with van der Waals surface area (Å²) in [6, 6.07) is 1.23. The number of likely N-dealkylation sites (tertiary alicyclic amines) is 1. The number of hydrogen-bond donors (Lipinski definition) is 3. The van der Waals surface area contributed by atoms with Gasteiger partial charge in [-0.25, -0.2) is 4.79 Å². The molecule has 0 radical (unpaired) electrons. The predicted octanol–water partition coefficient (Wildman–Crippen LogP) is 0.157. The summed E-state index contributed by atoms with van der Waals surface area (Å²) in [6.07, 6.45) is 2.86. The molecule has 3 N–H and O–H groups in total. The van der Waals surface area contributed by atoms with Gasteiger partial charge >= 0.3 is 5.69 Å². The summed E-state index contributed by atoms with van der Waals surface area (Å²) in [5, 5.41) is 2.94. The lowest BCUT2D eigenvalue weighted by molar-refractivity contribution is -0.125. The molecular weight excluding hydrogens is 284 g/mol. The van der Waals surface area contributed by atoms with Crippen LogP contribution in [0.25, 0.3) is 0 Å². The van der Waals surface area contributed by atoms with Crippen molar-refractivity contribution >= 4 is 5.91 Å². The molecule has 1 aliphatic heterocycles. The maximum atomic E-state index is 12.1. The molecule has 1 fully saturated rings. The molecule has 1 amide bonds. The summed E-state index contributed by atoms with van der Waals surface area (Å²) < 4.78 is 0. The van der Waals surface area contributed by atoms with Crippen molar-refractivity contribution in [2.75, 3.05) is 19.6 Å². The SMILES string of the molecule is CCCCNC(=O)[C@@H](C)N1CC[C@@H](c2cc(=O)[nH]c(=O)[nH]2)C1. The Hall–Kier alpha value is -1.89. The van der Waals surface area contributed by atoms with E-state index in [4.69, 9.17) is 0 Å². The molecule has 1 aliphatic rings. The Morgan fingerprint density at radius 3 is 2.91 bits per heavy atom. The number of hydrogen-bond acceptors (Lipinski definition) is 4. The van der Waals surface area contributed by atoms with Crippen molar-refractivity contribution in [3.8, 4) is 0 Å². The second-order valence-corrected chi connectivity index (χ2v) is 5.84. The first-order valence-electron chi connectivity index (χ1n) is 7.86. The fourth-order valence-corrected chi connectivity index (χ4v) is 2.80. The molecule has 2 rings (SSSR count). The third kappa shape index (κ3) is 4.07. The third-order valence-electron chi connectivity index (χ3n) is 4.20. The summed E-state index contributed by atoms with van der Waals surface area (Å²) in [5.41, 5.74) is -0.219. The van der Waals surface area contributed by atoms with Crippen LogP contribution >= 0.6 is 0 Å². The highest BCUT2D eigenvalue weighted by molar-refractivity contribution is 5.81. The van der Waals surface area contributed by atoms with Gasteiger partial charge in [0, 0.05) is 30.8 Å². The van der Waals surface area contributed by atoms with Crippen LogP contribution in [0.1, 0.15) is 44.7 Å². The smallest absolute Gasteiger partial charge is 0.325 e. The summed E-state index contributed by atoms with van der Waals surface area (Å²) in [4.78, 5) is 41.8. The fourth-order valence-electron chi connectivity index (χ4n) is 2.80. The number of nitrogens with zero attached hydrogens (tertiary/aromatic N) is 1. The van der Waals surface area contributed by atoms with E-state index in [0.29, 0.717) is 18.8 Å². The van der Waals surface area contributed by atoms with Gasteiger partial charge in [0.15, 0.2) is 0 Å². The Kier molecular flexibility index (Phi) is 5.54. The number of aromatic nitrogens is 2. The van der Waals surface area contributed by atoms with Crippen molar-refractivity contribution in [1.29, 1.82) is 0 Å².